The molecule has 1 heterocycles. The van der Waals surface area contributed by atoms with Crippen LogP contribution in [-0.2, 0) is 23.9 Å². The van der Waals surface area contributed by atoms with Gasteiger partial charge in [-0.1, -0.05) is 90.9 Å². The van der Waals surface area contributed by atoms with Crippen LogP contribution in [0.5, 0.6) is 0 Å². The molecule has 11 heteroatoms. The van der Waals surface area contributed by atoms with Crippen LogP contribution in [0, 0.1) is 23.7 Å². The van der Waals surface area contributed by atoms with Gasteiger partial charge in [0.05, 0.1) is 41.7 Å². The Balaban J connectivity index is 2.19. The first-order valence-electron chi connectivity index (χ1n) is 18.4. The van der Waals surface area contributed by atoms with Crippen LogP contribution >= 0.6 is 12.2 Å². The Bertz CT molecular complexity index is 1140. The van der Waals surface area contributed by atoms with E-state index < -0.39 is 18.2 Å². The average Bonchev–Trinajstić information content (AvgIpc) is 3.56. The Morgan fingerprint density at radius 2 is 1.73 bits per heavy atom. The van der Waals surface area contributed by atoms with Crippen molar-refractivity contribution >= 4 is 34.9 Å². The monoisotopic (exact) mass is 705 g/mol. The van der Waals surface area contributed by atoms with E-state index in [2.05, 4.69) is 54.9 Å². The molecule has 0 aromatic heterocycles. The highest BCUT2D eigenvalue weighted by Gasteiger charge is 2.42. The standard InChI is InChI=1S/C38H67N5O5S/c1-12-26(6)34(42(9)38(46)33(25(4)5)41-36(45)32(39-8)24(2)3)30(47-10)23-31(44)43-22-16-19-29(43)35(48-11)27(7)37(49)40-21-20-28-17-14-13-15-18-28/h13-14,17,24-27,29-30,32-35,39H,12,15-16,18-23H2,1-11H3,(H,40,49)(H,41,45). The number of nitrogens with one attached hydrogen (secondary N) is 3. The lowest BCUT2D eigenvalue weighted by atomic mass is 9.89. The number of hydrogen-bond acceptors (Lipinski definition) is 7. The first-order chi connectivity index (χ1) is 23.2. The Labute approximate surface area is 302 Å². The lowest BCUT2D eigenvalue weighted by molar-refractivity contribution is -0.147. The average molecular weight is 706 g/mol. The summed E-state index contributed by atoms with van der Waals surface area (Å²) >= 11 is 5.83. The summed E-state index contributed by atoms with van der Waals surface area (Å²) in [4.78, 5) is 45.8. The summed E-state index contributed by atoms with van der Waals surface area (Å²) < 4.78 is 12.1. The molecule has 2 rings (SSSR count). The van der Waals surface area contributed by atoms with Crippen molar-refractivity contribution in [3.63, 3.8) is 0 Å². The maximum absolute atomic E-state index is 14.1. The second-order valence-corrected chi connectivity index (χ2v) is 15.1. The molecule has 10 nitrogen and oxygen atoms in total. The van der Waals surface area contributed by atoms with Gasteiger partial charge in [0.25, 0.3) is 0 Å². The van der Waals surface area contributed by atoms with Crippen molar-refractivity contribution in [2.24, 2.45) is 23.7 Å². The van der Waals surface area contributed by atoms with Gasteiger partial charge in [-0.05, 0) is 56.9 Å². The second-order valence-electron chi connectivity index (χ2n) is 14.7. The molecule has 8 unspecified atom stereocenters. The fraction of sp³-hybridized carbons (Fsp3) is 0.789. The number of likely N-dealkylation sites (N-methyl/N-ethyl adjacent to an activating group) is 2. The number of amides is 3. The van der Waals surface area contributed by atoms with Crippen molar-refractivity contribution in [3.05, 3.63) is 23.8 Å². The fourth-order valence-corrected chi connectivity index (χ4v) is 7.65. The molecule has 1 aliphatic heterocycles. The lowest BCUT2D eigenvalue weighted by Gasteiger charge is -2.41. The number of thiocarbonyl (C=S) groups is 1. The quantitative estimate of drug-likeness (QED) is 0.154. The zero-order valence-corrected chi connectivity index (χ0v) is 33.0. The van der Waals surface area contributed by atoms with Crippen molar-refractivity contribution in [1.82, 2.24) is 25.8 Å². The van der Waals surface area contributed by atoms with Crippen molar-refractivity contribution in [1.29, 1.82) is 0 Å². The van der Waals surface area contributed by atoms with Crippen LogP contribution in [-0.4, -0.2) is 110 Å². The predicted octanol–water partition coefficient (Wildman–Crippen LogP) is 4.88. The number of methoxy groups -OCH3 is 2. The van der Waals surface area contributed by atoms with Crippen LogP contribution < -0.4 is 16.0 Å². The Morgan fingerprint density at radius 1 is 1.06 bits per heavy atom. The SMILES string of the molecule is CCC(C)C(C(CC(=O)N1CCCC1C(OC)C(C)C(=S)NCCC1=CC=CCC1)OC)N(C)C(=O)C(NC(=O)C(NC)C(C)C)C(C)C. The number of likely N-dealkylation sites (tertiary alicyclic amines) is 1. The van der Waals surface area contributed by atoms with Crippen molar-refractivity contribution in [3.8, 4) is 0 Å². The molecular formula is C38H67N5O5S. The van der Waals surface area contributed by atoms with Gasteiger partial charge >= 0.3 is 0 Å². The summed E-state index contributed by atoms with van der Waals surface area (Å²) in [6.07, 6.45) is 11.5. The third-order valence-corrected chi connectivity index (χ3v) is 11.1. The van der Waals surface area contributed by atoms with Gasteiger partial charge in [-0.25, -0.2) is 0 Å². The summed E-state index contributed by atoms with van der Waals surface area (Å²) in [7, 11) is 6.83. The van der Waals surface area contributed by atoms with E-state index in [9.17, 15) is 14.4 Å². The molecule has 3 amide bonds. The smallest absolute Gasteiger partial charge is 0.245 e. The minimum absolute atomic E-state index is 0.0172. The highest BCUT2D eigenvalue weighted by molar-refractivity contribution is 7.80. The van der Waals surface area contributed by atoms with E-state index >= 15 is 0 Å². The molecule has 2 aliphatic rings. The van der Waals surface area contributed by atoms with Gasteiger partial charge < -0.3 is 35.2 Å². The molecule has 0 aromatic rings. The van der Waals surface area contributed by atoms with Crippen LogP contribution in [0.25, 0.3) is 0 Å². The maximum Gasteiger partial charge on any atom is 0.245 e. The number of nitrogens with zero attached hydrogens (tertiary/aromatic N) is 2. The predicted molar refractivity (Wildman–Crippen MR) is 202 cm³/mol. The molecule has 1 aliphatic carbocycles. The third kappa shape index (κ3) is 11.9. The summed E-state index contributed by atoms with van der Waals surface area (Å²) in [6, 6.07) is -1.62. The first kappa shape index (κ1) is 42.8. The van der Waals surface area contributed by atoms with Crippen LogP contribution in [0.15, 0.2) is 23.8 Å². The van der Waals surface area contributed by atoms with E-state index in [1.54, 1.807) is 33.2 Å². The zero-order valence-electron chi connectivity index (χ0n) is 32.2. The molecule has 0 aromatic carbocycles. The van der Waals surface area contributed by atoms with Crippen molar-refractivity contribution in [2.45, 2.75) is 130 Å². The normalized spacial score (nSPS) is 20.6. The highest BCUT2D eigenvalue weighted by atomic mass is 32.1. The van der Waals surface area contributed by atoms with Crippen LogP contribution in [0.3, 0.4) is 0 Å². The van der Waals surface area contributed by atoms with Crippen LogP contribution in [0.4, 0.5) is 0 Å². The number of carbonyl (C=O) groups is 3. The summed E-state index contributed by atoms with van der Waals surface area (Å²) in [5.41, 5.74) is 1.43. The molecule has 0 bridgehead atoms. The molecule has 8 atom stereocenters. The molecule has 49 heavy (non-hydrogen) atoms. The van der Waals surface area contributed by atoms with E-state index in [-0.39, 0.29) is 66.0 Å². The Morgan fingerprint density at radius 3 is 2.27 bits per heavy atom. The van der Waals surface area contributed by atoms with Gasteiger partial charge in [0, 0.05) is 40.3 Å². The Hall–Kier alpha value is -2.34. The lowest BCUT2D eigenvalue weighted by Crippen LogP contribution is -2.59. The van der Waals surface area contributed by atoms with Gasteiger partial charge in [-0.3, -0.25) is 14.4 Å². The van der Waals surface area contributed by atoms with Crippen molar-refractivity contribution in [2.75, 3.05) is 41.4 Å². The maximum atomic E-state index is 14.1. The van der Waals surface area contributed by atoms with E-state index in [4.69, 9.17) is 21.7 Å². The largest absolute Gasteiger partial charge is 0.379 e. The summed E-state index contributed by atoms with van der Waals surface area (Å²) in [6.45, 7) is 15.5. The van der Waals surface area contributed by atoms with E-state index in [0.717, 1.165) is 50.1 Å². The topological polar surface area (TPSA) is 112 Å². The summed E-state index contributed by atoms with van der Waals surface area (Å²) in [5, 5.41) is 9.53. The molecule has 1 saturated heterocycles. The van der Waals surface area contributed by atoms with Gasteiger partial charge in [0.1, 0.15) is 6.04 Å². The molecular weight excluding hydrogens is 639 g/mol. The molecule has 0 spiro atoms. The first-order valence-corrected chi connectivity index (χ1v) is 18.9. The highest BCUT2D eigenvalue weighted by Crippen LogP contribution is 2.30. The van der Waals surface area contributed by atoms with Crippen LogP contribution in [0.2, 0.25) is 0 Å². The number of carbonyl (C=O) groups excluding carboxylic acids is 3. The number of ether oxygens (including phenoxy) is 2. The molecule has 0 radical (unpaired) electrons. The Kier molecular flexibility index (Phi) is 18.5. The molecule has 0 saturated carbocycles. The third-order valence-electron chi connectivity index (χ3n) is 10.6. The fourth-order valence-electron chi connectivity index (χ4n) is 7.42. The van der Waals surface area contributed by atoms with Gasteiger partial charge in [0.2, 0.25) is 17.7 Å². The van der Waals surface area contributed by atoms with Gasteiger partial charge in [-0.15, -0.1) is 0 Å². The van der Waals surface area contributed by atoms with E-state index in [0.29, 0.717) is 6.54 Å². The van der Waals surface area contributed by atoms with Crippen molar-refractivity contribution < 1.29 is 23.9 Å². The number of hydrogen-bond donors (Lipinski definition) is 3. The summed E-state index contributed by atoms with van der Waals surface area (Å²) in [5.74, 6) is -0.513. The van der Waals surface area contributed by atoms with Gasteiger partial charge in [0.15, 0.2) is 0 Å². The number of rotatable bonds is 20. The van der Waals surface area contributed by atoms with E-state index in [1.807, 2.05) is 32.6 Å². The molecule has 3 N–H and O–H groups in total. The second kappa shape index (κ2) is 21.1. The number of allylic oxidation sites excluding steroid dienone is 3. The minimum atomic E-state index is -0.715. The minimum Gasteiger partial charge on any atom is -0.379 e. The molecule has 1 fully saturated rings. The van der Waals surface area contributed by atoms with Gasteiger partial charge in [-0.2, -0.15) is 0 Å². The zero-order chi connectivity index (χ0) is 36.8. The van der Waals surface area contributed by atoms with Crippen LogP contribution in [0.1, 0.15) is 93.4 Å². The van der Waals surface area contributed by atoms with E-state index in [1.165, 1.54) is 5.57 Å². The molecule has 280 valence electrons.